The van der Waals surface area contributed by atoms with Gasteiger partial charge in [0.25, 0.3) is 11.8 Å². The van der Waals surface area contributed by atoms with Crippen LogP contribution in [-0.4, -0.2) is 27.0 Å². The van der Waals surface area contributed by atoms with Gasteiger partial charge in [0.1, 0.15) is 17.1 Å². The molecule has 0 bridgehead atoms. The Morgan fingerprint density at radius 3 is 2.36 bits per heavy atom. The molecule has 8 nitrogen and oxygen atoms in total. The normalized spacial score (nSPS) is 10.7. The second kappa shape index (κ2) is 10.1. The van der Waals surface area contributed by atoms with E-state index in [0.717, 1.165) is 5.56 Å². The van der Waals surface area contributed by atoms with Crippen molar-refractivity contribution in [3.05, 3.63) is 114 Å². The van der Waals surface area contributed by atoms with Gasteiger partial charge in [0, 0.05) is 11.1 Å². The van der Waals surface area contributed by atoms with Gasteiger partial charge in [0.15, 0.2) is 0 Å². The Labute approximate surface area is 207 Å². The number of oxazole rings is 1. The van der Waals surface area contributed by atoms with Crippen molar-refractivity contribution < 1.29 is 14.0 Å². The SMILES string of the molecule is Cc1oc(-c2ccccc2NC(=O)c2ccccc2)nc1CNC(=O)c1cc(-c2ccccc2)n[nH]1. The van der Waals surface area contributed by atoms with E-state index in [1.807, 2.05) is 66.7 Å². The van der Waals surface area contributed by atoms with Gasteiger partial charge in [-0.2, -0.15) is 5.10 Å². The predicted octanol–water partition coefficient (Wildman–Crippen LogP) is 5.22. The number of amides is 2. The van der Waals surface area contributed by atoms with Gasteiger partial charge in [-0.3, -0.25) is 14.7 Å². The van der Waals surface area contributed by atoms with Crippen LogP contribution in [0, 0.1) is 6.92 Å². The molecule has 3 aromatic carbocycles. The van der Waals surface area contributed by atoms with Crippen LogP contribution in [0.1, 0.15) is 32.3 Å². The van der Waals surface area contributed by atoms with E-state index < -0.39 is 0 Å². The van der Waals surface area contributed by atoms with Gasteiger partial charge in [-0.25, -0.2) is 4.98 Å². The van der Waals surface area contributed by atoms with Gasteiger partial charge in [0.05, 0.1) is 23.5 Å². The van der Waals surface area contributed by atoms with Crippen molar-refractivity contribution in [1.82, 2.24) is 20.5 Å². The average molecular weight is 478 g/mol. The first-order valence-corrected chi connectivity index (χ1v) is 11.4. The maximum Gasteiger partial charge on any atom is 0.269 e. The molecule has 0 unspecified atom stereocenters. The predicted molar refractivity (Wildman–Crippen MR) is 136 cm³/mol. The van der Waals surface area contributed by atoms with Crippen LogP contribution in [0.15, 0.2) is 95.4 Å². The van der Waals surface area contributed by atoms with Crippen LogP contribution in [0.5, 0.6) is 0 Å². The maximum absolute atomic E-state index is 12.7. The Balaban J connectivity index is 1.29. The maximum atomic E-state index is 12.7. The monoisotopic (exact) mass is 477 g/mol. The molecule has 2 amide bonds. The summed E-state index contributed by atoms with van der Waals surface area (Å²) < 4.78 is 5.89. The number of benzene rings is 3. The largest absolute Gasteiger partial charge is 0.441 e. The average Bonchev–Trinajstić information content (AvgIpc) is 3.56. The van der Waals surface area contributed by atoms with Crippen molar-refractivity contribution in [3.63, 3.8) is 0 Å². The molecule has 3 N–H and O–H groups in total. The molecule has 178 valence electrons. The second-order valence-electron chi connectivity index (χ2n) is 8.10. The highest BCUT2D eigenvalue weighted by atomic mass is 16.4. The Bertz CT molecular complexity index is 1510. The van der Waals surface area contributed by atoms with Crippen LogP contribution in [0.25, 0.3) is 22.7 Å². The molecule has 5 rings (SSSR count). The molecule has 2 aromatic heterocycles. The van der Waals surface area contributed by atoms with E-state index >= 15 is 0 Å². The summed E-state index contributed by atoms with van der Waals surface area (Å²) in [6.07, 6.45) is 0. The summed E-state index contributed by atoms with van der Waals surface area (Å²) in [7, 11) is 0. The van der Waals surface area contributed by atoms with E-state index in [-0.39, 0.29) is 18.4 Å². The molecule has 36 heavy (non-hydrogen) atoms. The summed E-state index contributed by atoms with van der Waals surface area (Å²) in [5.74, 6) is 0.398. The molecule has 0 aliphatic rings. The van der Waals surface area contributed by atoms with Crippen LogP contribution < -0.4 is 10.6 Å². The highest BCUT2D eigenvalue weighted by molar-refractivity contribution is 6.06. The minimum atomic E-state index is -0.302. The van der Waals surface area contributed by atoms with Crippen LogP contribution >= 0.6 is 0 Å². The van der Waals surface area contributed by atoms with Crippen molar-refractivity contribution in [2.24, 2.45) is 0 Å². The molecule has 0 fully saturated rings. The lowest BCUT2D eigenvalue weighted by Gasteiger charge is -2.08. The summed E-state index contributed by atoms with van der Waals surface area (Å²) in [5.41, 5.74) is 4.32. The molecule has 0 radical (unpaired) electrons. The summed E-state index contributed by atoms with van der Waals surface area (Å²) >= 11 is 0. The number of aromatic nitrogens is 3. The smallest absolute Gasteiger partial charge is 0.269 e. The van der Waals surface area contributed by atoms with Crippen molar-refractivity contribution in [1.29, 1.82) is 0 Å². The van der Waals surface area contributed by atoms with Gasteiger partial charge in [0.2, 0.25) is 5.89 Å². The molecule has 0 saturated heterocycles. The Kier molecular flexibility index (Phi) is 6.40. The van der Waals surface area contributed by atoms with E-state index in [1.165, 1.54) is 0 Å². The Hall–Kier alpha value is -4.98. The third-order valence-corrected chi connectivity index (χ3v) is 5.64. The number of rotatable bonds is 7. The van der Waals surface area contributed by atoms with Gasteiger partial charge in [-0.1, -0.05) is 60.7 Å². The van der Waals surface area contributed by atoms with Crippen LogP contribution in [0.3, 0.4) is 0 Å². The third kappa shape index (κ3) is 4.92. The molecule has 0 aliphatic heterocycles. The zero-order valence-corrected chi connectivity index (χ0v) is 19.5. The fourth-order valence-electron chi connectivity index (χ4n) is 3.72. The van der Waals surface area contributed by atoms with E-state index in [1.54, 1.807) is 31.2 Å². The van der Waals surface area contributed by atoms with Gasteiger partial charge in [-0.05, 0) is 37.3 Å². The molecule has 0 spiro atoms. The van der Waals surface area contributed by atoms with Crippen LogP contribution in [0.4, 0.5) is 5.69 Å². The summed E-state index contributed by atoms with van der Waals surface area (Å²) in [5, 5.41) is 12.8. The zero-order chi connectivity index (χ0) is 24.9. The molecule has 8 heteroatoms. The lowest BCUT2D eigenvalue weighted by Crippen LogP contribution is -2.23. The number of para-hydroxylation sites is 1. The highest BCUT2D eigenvalue weighted by Crippen LogP contribution is 2.29. The highest BCUT2D eigenvalue weighted by Gasteiger charge is 2.18. The topological polar surface area (TPSA) is 113 Å². The number of carbonyl (C=O) groups is 2. The molecule has 0 saturated carbocycles. The summed E-state index contributed by atoms with van der Waals surface area (Å²) in [4.78, 5) is 29.9. The lowest BCUT2D eigenvalue weighted by molar-refractivity contribution is 0.0944. The molecular weight excluding hydrogens is 454 g/mol. The summed E-state index contributed by atoms with van der Waals surface area (Å²) in [6, 6.07) is 27.6. The minimum absolute atomic E-state index is 0.173. The van der Waals surface area contributed by atoms with Gasteiger partial charge in [-0.15, -0.1) is 0 Å². The van der Waals surface area contributed by atoms with Gasteiger partial charge < -0.3 is 15.1 Å². The standard InChI is InChI=1S/C28H23N5O3/c1-18-25(17-29-27(35)24-16-23(32-33-24)19-10-4-2-5-11-19)31-28(36-18)21-14-8-9-15-22(21)30-26(34)20-12-6-3-7-13-20/h2-16H,17H2,1H3,(H,29,35)(H,30,34)(H,32,33). The van der Waals surface area contributed by atoms with E-state index in [4.69, 9.17) is 4.42 Å². The van der Waals surface area contributed by atoms with Crippen molar-refractivity contribution in [2.75, 3.05) is 5.32 Å². The Morgan fingerprint density at radius 1 is 0.889 bits per heavy atom. The van der Waals surface area contributed by atoms with Crippen LogP contribution in [-0.2, 0) is 6.54 Å². The second-order valence-corrected chi connectivity index (χ2v) is 8.10. The number of carbonyl (C=O) groups excluding carboxylic acids is 2. The van der Waals surface area contributed by atoms with E-state index in [9.17, 15) is 9.59 Å². The number of H-pyrrole nitrogens is 1. The van der Waals surface area contributed by atoms with Crippen molar-refractivity contribution >= 4 is 17.5 Å². The summed E-state index contributed by atoms with van der Waals surface area (Å²) in [6.45, 7) is 1.96. The molecular formula is C28H23N5O3. The molecule has 2 heterocycles. The van der Waals surface area contributed by atoms with Crippen molar-refractivity contribution in [2.45, 2.75) is 13.5 Å². The quantitative estimate of drug-likeness (QED) is 0.297. The first kappa shape index (κ1) is 22.8. The fraction of sp³-hybridized carbons (Fsp3) is 0.0714. The van der Waals surface area contributed by atoms with E-state index in [2.05, 4.69) is 25.8 Å². The molecule has 5 aromatic rings. The number of nitrogens with one attached hydrogen (secondary N) is 3. The number of aryl methyl sites for hydroxylation is 1. The lowest BCUT2D eigenvalue weighted by atomic mass is 10.1. The number of nitrogens with zero attached hydrogens (tertiary/aromatic N) is 2. The third-order valence-electron chi connectivity index (χ3n) is 5.64. The van der Waals surface area contributed by atoms with E-state index in [0.29, 0.717) is 45.5 Å². The zero-order valence-electron chi connectivity index (χ0n) is 19.5. The van der Waals surface area contributed by atoms with Crippen LogP contribution in [0.2, 0.25) is 0 Å². The first-order chi connectivity index (χ1) is 17.6. The number of hydrogen-bond donors (Lipinski definition) is 3. The number of hydrogen-bond acceptors (Lipinski definition) is 5. The molecule has 0 aliphatic carbocycles. The number of aromatic amines is 1. The Morgan fingerprint density at radius 2 is 1.58 bits per heavy atom. The van der Waals surface area contributed by atoms with Crippen molar-refractivity contribution in [3.8, 4) is 22.7 Å². The minimum Gasteiger partial charge on any atom is -0.441 e. The fourth-order valence-corrected chi connectivity index (χ4v) is 3.72. The van der Waals surface area contributed by atoms with Gasteiger partial charge >= 0.3 is 0 Å². The first-order valence-electron chi connectivity index (χ1n) is 11.4. The molecule has 0 atom stereocenters. The number of anilines is 1.